The van der Waals surface area contributed by atoms with Crippen LogP contribution in [0, 0.1) is 5.92 Å². The van der Waals surface area contributed by atoms with Gasteiger partial charge < -0.3 is 4.90 Å². The van der Waals surface area contributed by atoms with E-state index < -0.39 is 0 Å². The van der Waals surface area contributed by atoms with Crippen LogP contribution in [0.2, 0.25) is 0 Å². The lowest BCUT2D eigenvalue weighted by molar-refractivity contribution is -0.132. The van der Waals surface area contributed by atoms with E-state index in [1.807, 2.05) is 4.90 Å². The van der Waals surface area contributed by atoms with Crippen molar-refractivity contribution in [3.8, 4) is 0 Å². The van der Waals surface area contributed by atoms with Crippen LogP contribution < -0.4 is 0 Å². The molecular weight excluding hydrogens is 292 g/mol. The molecule has 122 valence electrons. The number of benzene rings is 1. The summed E-state index contributed by atoms with van der Waals surface area (Å²) >= 11 is 0. The molecule has 5 heteroatoms. The molecule has 1 unspecified atom stereocenters. The predicted molar refractivity (Wildman–Crippen MR) is 86.0 cm³/mol. The topological polar surface area (TPSA) is 57.7 Å². The van der Waals surface area contributed by atoms with Gasteiger partial charge in [0, 0.05) is 25.6 Å². The minimum atomic E-state index is -0.291. The molecule has 5 nitrogen and oxygen atoms in total. The Morgan fingerprint density at radius 1 is 1.17 bits per heavy atom. The molecule has 0 saturated carbocycles. The smallest absolute Gasteiger partial charge is 0.261 e. The molecule has 0 spiro atoms. The maximum atomic E-state index is 12.5. The van der Waals surface area contributed by atoms with Gasteiger partial charge in [-0.3, -0.25) is 19.3 Å². The Labute approximate surface area is 136 Å². The summed E-state index contributed by atoms with van der Waals surface area (Å²) in [5.41, 5.74) is 0.873. The third kappa shape index (κ3) is 2.76. The Morgan fingerprint density at radius 3 is 2.35 bits per heavy atom. The summed E-state index contributed by atoms with van der Waals surface area (Å²) in [6.45, 7) is 5.19. The van der Waals surface area contributed by atoms with Gasteiger partial charge in [0.05, 0.1) is 11.1 Å². The van der Waals surface area contributed by atoms with E-state index in [1.54, 1.807) is 24.3 Å². The third-order valence-corrected chi connectivity index (χ3v) is 4.82. The maximum Gasteiger partial charge on any atom is 0.261 e. The van der Waals surface area contributed by atoms with Crippen LogP contribution in [0.15, 0.2) is 24.3 Å². The van der Waals surface area contributed by atoms with Gasteiger partial charge in [0.2, 0.25) is 5.91 Å². The summed E-state index contributed by atoms with van der Waals surface area (Å²) in [4.78, 5) is 40.2. The number of hydrogen-bond acceptors (Lipinski definition) is 3. The van der Waals surface area contributed by atoms with Gasteiger partial charge in [-0.1, -0.05) is 26.0 Å². The van der Waals surface area contributed by atoms with Crippen molar-refractivity contribution in [2.75, 3.05) is 13.1 Å². The first-order valence-corrected chi connectivity index (χ1v) is 8.25. The third-order valence-electron chi connectivity index (χ3n) is 4.82. The molecule has 0 bridgehead atoms. The Hall–Kier alpha value is -2.17. The van der Waals surface area contributed by atoms with Crippen LogP contribution in [0.3, 0.4) is 0 Å². The Bertz CT molecular complexity index is 618. The summed E-state index contributed by atoms with van der Waals surface area (Å²) in [6, 6.07) is 7.09. The van der Waals surface area contributed by atoms with Crippen LogP contribution in [0.1, 0.15) is 53.8 Å². The first-order chi connectivity index (χ1) is 11.0. The number of hydrogen-bond donors (Lipinski definition) is 0. The lowest BCUT2D eigenvalue weighted by atomic mass is 10.0. The average molecular weight is 314 g/mol. The highest BCUT2D eigenvalue weighted by atomic mass is 16.2. The van der Waals surface area contributed by atoms with Crippen LogP contribution in [-0.4, -0.2) is 46.7 Å². The molecule has 1 aromatic carbocycles. The minimum absolute atomic E-state index is 0.0396. The molecule has 3 rings (SSSR count). The summed E-state index contributed by atoms with van der Waals surface area (Å²) in [5.74, 6) is -0.112. The number of carbonyl (C=O) groups is 3. The first kappa shape index (κ1) is 15.7. The largest absolute Gasteiger partial charge is 0.339 e. The number of fused-ring (bicyclic) bond motifs is 1. The standard InChI is InChI=1S/C18H22N2O3/c1-12(2)15-8-5-10-19(15)16(21)9-11-20-17(22)13-6-3-4-7-14(13)18(20)23/h3-4,6-7,12,15H,5,8-11H2,1-2H3. The van der Waals surface area contributed by atoms with Crippen molar-refractivity contribution in [3.63, 3.8) is 0 Å². The van der Waals surface area contributed by atoms with Gasteiger partial charge in [-0.15, -0.1) is 0 Å². The van der Waals surface area contributed by atoms with Gasteiger partial charge in [0.15, 0.2) is 0 Å². The zero-order valence-electron chi connectivity index (χ0n) is 13.6. The number of imide groups is 1. The van der Waals surface area contributed by atoms with Gasteiger partial charge in [0.1, 0.15) is 0 Å². The van der Waals surface area contributed by atoms with Gasteiger partial charge in [-0.2, -0.15) is 0 Å². The molecule has 2 aliphatic rings. The van der Waals surface area contributed by atoms with E-state index in [2.05, 4.69) is 13.8 Å². The SMILES string of the molecule is CC(C)C1CCCN1C(=O)CCN1C(=O)c2ccccc2C1=O. The van der Waals surface area contributed by atoms with Crippen LogP contribution in [0.4, 0.5) is 0 Å². The summed E-state index contributed by atoms with van der Waals surface area (Å²) in [5, 5.41) is 0. The van der Waals surface area contributed by atoms with Gasteiger partial charge >= 0.3 is 0 Å². The quantitative estimate of drug-likeness (QED) is 0.801. The van der Waals surface area contributed by atoms with Crippen molar-refractivity contribution in [2.45, 2.75) is 39.2 Å². The molecular formula is C18H22N2O3. The number of rotatable bonds is 4. The average Bonchev–Trinajstić information content (AvgIpc) is 3.11. The molecule has 0 radical (unpaired) electrons. The van der Waals surface area contributed by atoms with Crippen LogP contribution in [0.5, 0.6) is 0 Å². The van der Waals surface area contributed by atoms with E-state index in [0.29, 0.717) is 17.0 Å². The fraction of sp³-hybridized carbons (Fsp3) is 0.500. The Morgan fingerprint density at radius 2 is 1.78 bits per heavy atom. The lowest BCUT2D eigenvalue weighted by Gasteiger charge is -2.28. The minimum Gasteiger partial charge on any atom is -0.339 e. The normalized spacial score (nSPS) is 20.6. The van der Waals surface area contributed by atoms with Crippen molar-refractivity contribution in [1.29, 1.82) is 0 Å². The molecule has 1 saturated heterocycles. The number of carbonyl (C=O) groups excluding carboxylic acids is 3. The van der Waals surface area contributed by atoms with E-state index in [-0.39, 0.29) is 36.7 Å². The second kappa shape index (κ2) is 6.14. The van der Waals surface area contributed by atoms with E-state index in [4.69, 9.17) is 0 Å². The van der Waals surface area contributed by atoms with Crippen molar-refractivity contribution < 1.29 is 14.4 Å². The number of likely N-dealkylation sites (tertiary alicyclic amines) is 1. The van der Waals surface area contributed by atoms with E-state index in [1.165, 1.54) is 4.90 Å². The molecule has 0 aromatic heterocycles. The number of amides is 3. The van der Waals surface area contributed by atoms with Gasteiger partial charge in [0.25, 0.3) is 11.8 Å². The van der Waals surface area contributed by atoms with Crippen molar-refractivity contribution in [2.24, 2.45) is 5.92 Å². The zero-order chi connectivity index (χ0) is 16.6. The first-order valence-electron chi connectivity index (χ1n) is 8.25. The molecule has 2 aliphatic heterocycles. The van der Waals surface area contributed by atoms with Crippen LogP contribution in [0.25, 0.3) is 0 Å². The highest BCUT2D eigenvalue weighted by molar-refractivity contribution is 6.21. The highest BCUT2D eigenvalue weighted by Crippen LogP contribution is 2.26. The lowest BCUT2D eigenvalue weighted by Crippen LogP contribution is -2.41. The van der Waals surface area contributed by atoms with Crippen molar-refractivity contribution in [3.05, 3.63) is 35.4 Å². The molecule has 1 aromatic rings. The number of nitrogens with zero attached hydrogens (tertiary/aromatic N) is 2. The maximum absolute atomic E-state index is 12.5. The van der Waals surface area contributed by atoms with Gasteiger partial charge in [-0.05, 0) is 30.9 Å². The molecule has 1 atom stereocenters. The van der Waals surface area contributed by atoms with Crippen LogP contribution >= 0.6 is 0 Å². The molecule has 2 heterocycles. The van der Waals surface area contributed by atoms with Crippen molar-refractivity contribution in [1.82, 2.24) is 9.80 Å². The monoisotopic (exact) mass is 314 g/mol. The zero-order valence-corrected chi connectivity index (χ0v) is 13.6. The van der Waals surface area contributed by atoms with E-state index in [9.17, 15) is 14.4 Å². The molecule has 3 amide bonds. The summed E-state index contributed by atoms with van der Waals surface area (Å²) in [7, 11) is 0. The van der Waals surface area contributed by atoms with Crippen molar-refractivity contribution >= 4 is 17.7 Å². The molecule has 0 N–H and O–H groups in total. The summed E-state index contributed by atoms with van der Waals surface area (Å²) in [6.07, 6.45) is 2.27. The predicted octanol–water partition coefficient (Wildman–Crippen LogP) is 2.32. The summed E-state index contributed by atoms with van der Waals surface area (Å²) < 4.78 is 0. The molecule has 0 aliphatic carbocycles. The van der Waals surface area contributed by atoms with Crippen LogP contribution in [-0.2, 0) is 4.79 Å². The second-order valence-electron chi connectivity index (χ2n) is 6.60. The second-order valence-corrected chi connectivity index (χ2v) is 6.60. The molecule has 1 fully saturated rings. The fourth-order valence-electron chi connectivity index (χ4n) is 3.59. The Kier molecular flexibility index (Phi) is 4.20. The Balaban J connectivity index is 1.64. The molecule has 23 heavy (non-hydrogen) atoms. The fourth-order valence-corrected chi connectivity index (χ4v) is 3.59. The van der Waals surface area contributed by atoms with E-state index in [0.717, 1.165) is 19.4 Å². The highest BCUT2D eigenvalue weighted by Gasteiger charge is 2.36. The van der Waals surface area contributed by atoms with E-state index >= 15 is 0 Å². The van der Waals surface area contributed by atoms with Gasteiger partial charge in [-0.25, -0.2) is 0 Å².